The number of nitrogens with two attached hydrogens (primary N) is 1. The van der Waals surface area contributed by atoms with Gasteiger partial charge >= 0.3 is 0 Å². The molecule has 2 rings (SSSR count). The van der Waals surface area contributed by atoms with E-state index in [0.29, 0.717) is 10.0 Å². The molecule has 0 aliphatic carbocycles. The van der Waals surface area contributed by atoms with Crippen molar-refractivity contribution in [2.24, 2.45) is 5.73 Å². The summed E-state index contributed by atoms with van der Waals surface area (Å²) < 4.78 is 5.26. The fourth-order valence-corrected chi connectivity index (χ4v) is 1.99. The third-order valence-corrected chi connectivity index (χ3v) is 2.97. The molecule has 0 radical (unpaired) electrons. The van der Waals surface area contributed by atoms with E-state index in [1.807, 2.05) is 18.2 Å². The summed E-state index contributed by atoms with van der Waals surface area (Å²) in [5.41, 5.74) is 7.31. The van der Waals surface area contributed by atoms with E-state index in [9.17, 15) is 0 Å². The molecule has 0 saturated heterocycles. The van der Waals surface area contributed by atoms with E-state index in [1.54, 1.807) is 18.4 Å². The van der Waals surface area contributed by atoms with Crippen molar-refractivity contribution in [1.29, 1.82) is 0 Å². The third kappa shape index (κ3) is 3.24. The van der Waals surface area contributed by atoms with Crippen LogP contribution in [0.2, 0.25) is 5.02 Å². The van der Waals surface area contributed by atoms with Crippen LogP contribution in [-0.4, -0.2) is 11.5 Å². The fourth-order valence-electron chi connectivity index (χ4n) is 1.65. The van der Waals surface area contributed by atoms with Gasteiger partial charge in [0.25, 0.3) is 0 Å². The number of rotatable bonds is 5. The van der Waals surface area contributed by atoms with E-state index in [4.69, 9.17) is 34.0 Å². The zero-order chi connectivity index (χ0) is 13.0. The highest BCUT2D eigenvalue weighted by molar-refractivity contribution is 7.80. The van der Waals surface area contributed by atoms with Crippen LogP contribution in [0, 0.1) is 0 Å². The van der Waals surface area contributed by atoms with Crippen LogP contribution in [-0.2, 0) is 6.42 Å². The van der Waals surface area contributed by atoms with Gasteiger partial charge in [0.2, 0.25) is 0 Å². The molecule has 0 spiro atoms. The van der Waals surface area contributed by atoms with Crippen molar-refractivity contribution in [3.63, 3.8) is 0 Å². The van der Waals surface area contributed by atoms with Crippen LogP contribution in [0.5, 0.6) is 0 Å². The molecule has 0 bridgehead atoms. The Morgan fingerprint density at radius 3 is 2.89 bits per heavy atom. The first kappa shape index (κ1) is 12.9. The fraction of sp³-hybridized carbons (Fsp3) is 0.154. The lowest BCUT2D eigenvalue weighted by Crippen LogP contribution is -2.14. The molecular weight excluding hydrogens is 268 g/mol. The Hall–Kier alpha value is -1.52. The number of benzene rings is 1. The predicted octanol–water partition coefficient (Wildman–Crippen LogP) is 3.22. The minimum absolute atomic E-state index is 0.331. The maximum absolute atomic E-state index is 5.92. The largest absolute Gasteiger partial charge is 0.469 e. The first-order valence-corrected chi connectivity index (χ1v) is 6.31. The molecule has 0 aliphatic rings. The highest BCUT2D eigenvalue weighted by atomic mass is 35.5. The molecule has 1 heterocycles. The average molecular weight is 281 g/mol. The summed E-state index contributed by atoms with van der Waals surface area (Å²) in [4.78, 5) is 0.331. The maximum Gasteiger partial charge on any atom is 0.106 e. The zero-order valence-corrected chi connectivity index (χ0v) is 11.2. The molecule has 18 heavy (non-hydrogen) atoms. The molecule has 94 valence electrons. The number of halogens is 1. The quantitative estimate of drug-likeness (QED) is 0.826. The van der Waals surface area contributed by atoms with Crippen LogP contribution in [0.3, 0.4) is 0 Å². The Balaban J connectivity index is 2.02. The van der Waals surface area contributed by atoms with Crippen molar-refractivity contribution in [3.05, 3.63) is 52.9 Å². The highest BCUT2D eigenvalue weighted by Crippen LogP contribution is 2.20. The molecule has 1 aromatic heterocycles. The van der Waals surface area contributed by atoms with Crippen LogP contribution in [0.4, 0.5) is 5.69 Å². The van der Waals surface area contributed by atoms with Crippen LogP contribution in [0.15, 0.2) is 41.0 Å². The van der Waals surface area contributed by atoms with Crippen molar-refractivity contribution in [3.8, 4) is 0 Å². The van der Waals surface area contributed by atoms with Crippen molar-refractivity contribution in [2.75, 3.05) is 11.9 Å². The summed E-state index contributed by atoms with van der Waals surface area (Å²) in [7, 11) is 0. The number of nitrogens with one attached hydrogen (secondary N) is 1. The number of thiocarbonyl (C=S) groups is 1. The maximum atomic E-state index is 5.92. The summed E-state index contributed by atoms with van der Waals surface area (Å²) in [6.07, 6.45) is 2.46. The zero-order valence-electron chi connectivity index (χ0n) is 9.65. The van der Waals surface area contributed by atoms with Crippen molar-refractivity contribution >= 4 is 34.5 Å². The second-order valence-electron chi connectivity index (χ2n) is 3.81. The monoisotopic (exact) mass is 280 g/mol. The molecule has 0 atom stereocenters. The second-order valence-corrected chi connectivity index (χ2v) is 4.69. The van der Waals surface area contributed by atoms with Gasteiger partial charge in [0.1, 0.15) is 10.7 Å². The molecule has 1 aromatic carbocycles. The molecule has 2 aromatic rings. The topological polar surface area (TPSA) is 51.2 Å². The van der Waals surface area contributed by atoms with Gasteiger partial charge in [-0.15, -0.1) is 0 Å². The van der Waals surface area contributed by atoms with Crippen molar-refractivity contribution in [2.45, 2.75) is 6.42 Å². The molecular formula is C13H13ClN2OS. The van der Waals surface area contributed by atoms with Gasteiger partial charge in [-0.05, 0) is 30.3 Å². The normalized spacial score (nSPS) is 10.3. The van der Waals surface area contributed by atoms with Gasteiger partial charge < -0.3 is 15.5 Å². The lowest BCUT2D eigenvalue weighted by Gasteiger charge is -2.11. The Labute approximate surface area is 116 Å². The van der Waals surface area contributed by atoms with Crippen molar-refractivity contribution in [1.82, 2.24) is 0 Å². The summed E-state index contributed by atoms with van der Waals surface area (Å²) >= 11 is 10.9. The molecule has 3 N–H and O–H groups in total. The Kier molecular flexibility index (Phi) is 4.23. The van der Waals surface area contributed by atoms with Crippen LogP contribution in [0.1, 0.15) is 11.3 Å². The SMILES string of the molecule is NC(=S)c1cc(Cl)ccc1NCCc1ccco1. The third-order valence-electron chi connectivity index (χ3n) is 2.51. The Morgan fingerprint density at radius 2 is 2.22 bits per heavy atom. The summed E-state index contributed by atoms with van der Waals surface area (Å²) in [6.45, 7) is 0.741. The molecule has 3 nitrogen and oxygen atoms in total. The van der Waals surface area contributed by atoms with Gasteiger partial charge in [-0.3, -0.25) is 0 Å². The second kappa shape index (κ2) is 5.89. The molecule has 0 amide bonds. The molecule has 0 aliphatic heterocycles. The Bertz CT molecular complexity index is 540. The van der Waals surface area contributed by atoms with Gasteiger partial charge in [-0.1, -0.05) is 23.8 Å². The molecule has 5 heteroatoms. The van der Waals surface area contributed by atoms with Crippen LogP contribution >= 0.6 is 23.8 Å². The van der Waals surface area contributed by atoms with Gasteiger partial charge in [0.05, 0.1) is 6.26 Å². The van der Waals surface area contributed by atoms with E-state index in [-0.39, 0.29) is 0 Å². The van der Waals surface area contributed by atoms with Gasteiger partial charge in [0, 0.05) is 29.2 Å². The van der Waals surface area contributed by atoms with Crippen LogP contribution in [0.25, 0.3) is 0 Å². The summed E-state index contributed by atoms with van der Waals surface area (Å²) in [5.74, 6) is 0.938. The predicted molar refractivity (Wildman–Crippen MR) is 78.2 cm³/mol. The molecule has 0 unspecified atom stereocenters. The molecule has 0 saturated carbocycles. The van der Waals surface area contributed by atoms with E-state index in [2.05, 4.69) is 5.32 Å². The number of hydrogen-bond acceptors (Lipinski definition) is 3. The molecule has 0 fully saturated rings. The standard InChI is InChI=1S/C13H13ClN2OS/c14-9-3-4-12(11(8-9)13(15)18)16-6-5-10-2-1-7-17-10/h1-4,7-8,16H,5-6H2,(H2,15,18). The van der Waals surface area contributed by atoms with Gasteiger partial charge in [0.15, 0.2) is 0 Å². The summed E-state index contributed by atoms with van der Waals surface area (Å²) in [6, 6.07) is 9.26. The van der Waals surface area contributed by atoms with Crippen LogP contribution < -0.4 is 11.1 Å². The lowest BCUT2D eigenvalue weighted by atomic mass is 10.1. The smallest absolute Gasteiger partial charge is 0.106 e. The number of furan rings is 1. The van der Waals surface area contributed by atoms with E-state index in [1.165, 1.54) is 0 Å². The van der Waals surface area contributed by atoms with E-state index >= 15 is 0 Å². The van der Waals surface area contributed by atoms with Gasteiger partial charge in [-0.2, -0.15) is 0 Å². The van der Waals surface area contributed by atoms with E-state index < -0.39 is 0 Å². The minimum Gasteiger partial charge on any atom is -0.469 e. The van der Waals surface area contributed by atoms with Gasteiger partial charge in [-0.25, -0.2) is 0 Å². The first-order valence-electron chi connectivity index (χ1n) is 5.52. The number of hydrogen-bond donors (Lipinski definition) is 2. The highest BCUT2D eigenvalue weighted by Gasteiger charge is 2.06. The lowest BCUT2D eigenvalue weighted by molar-refractivity contribution is 0.513. The average Bonchev–Trinajstić information content (AvgIpc) is 2.84. The Morgan fingerprint density at radius 1 is 1.39 bits per heavy atom. The first-order chi connectivity index (χ1) is 8.66. The van der Waals surface area contributed by atoms with Crippen molar-refractivity contribution < 1.29 is 4.42 Å². The minimum atomic E-state index is 0.331. The number of anilines is 1. The van der Waals surface area contributed by atoms with E-state index in [0.717, 1.165) is 30.0 Å². The summed E-state index contributed by atoms with van der Waals surface area (Å²) in [5, 5.41) is 3.89.